The Labute approximate surface area is 197 Å². The second-order valence-electron chi connectivity index (χ2n) is 14.8. The minimum absolute atomic E-state index is 0.0912. The molecule has 5 rings (SSSR count). The van der Waals surface area contributed by atoms with E-state index in [1.807, 2.05) is 19.9 Å². The molecule has 2 spiro atoms. The molecule has 0 amide bonds. The number of aliphatic hydroxyl groups excluding tert-OH is 1. The van der Waals surface area contributed by atoms with Crippen molar-refractivity contribution in [1.82, 2.24) is 0 Å². The summed E-state index contributed by atoms with van der Waals surface area (Å²) in [5.74, 6) is 3.10. The summed E-state index contributed by atoms with van der Waals surface area (Å²) in [5.41, 5.74) is 1.44. The van der Waals surface area contributed by atoms with Crippen molar-refractivity contribution in [2.45, 2.75) is 124 Å². The maximum absolute atomic E-state index is 10.8. The molecule has 0 unspecified atom stereocenters. The molecule has 2 N–H and O–H groups in total. The molecule has 0 bridgehead atoms. The van der Waals surface area contributed by atoms with Crippen LogP contribution in [0.15, 0.2) is 12.2 Å². The molecule has 5 aliphatic rings. The smallest absolute Gasteiger partial charge is 0.0771 e. The predicted octanol–water partition coefficient (Wildman–Crippen LogP) is 7.14. The zero-order valence-electron chi connectivity index (χ0n) is 22.0. The van der Waals surface area contributed by atoms with Crippen molar-refractivity contribution in [3.05, 3.63) is 12.2 Å². The van der Waals surface area contributed by atoms with E-state index < -0.39 is 5.60 Å². The van der Waals surface area contributed by atoms with E-state index in [1.165, 1.54) is 51.4 Å². The third-order valence-corrected chi connectivity index (χ3v) is 12.9. The van der Waals surface area contributed by atoms with E-state index >= 15 is 0 Å². The lowest BCUT2D eigenvalue weighted by atomic mass is 9.42. The third kappa shape index (κ3) is 2.84. The molecule has 5 saturated carbocycles. The van der Waals surface area contributed by atoms with E-state index in [4.69, 9.17) is 0 Å². The van der Waals surface area contributed by atoms with Crippen LogP contribution in [0.25, 0.3) is 0 Å². The molecule has 2 heteroatoms. The Hall–Kier alpha value is -0.340. The van der Waals surface area contributed by atoms with Crippen molar-refractivity contribution < 1.29 is 10.2 Å². The first kappa shape index (κ1) is 23.4. The quantitative estimate of drug-likeness (QED) is 0.454. The lowest BCUT2D eigenvalue weighted by molar-refractivity contribution is -0.161. The van der Waals surface area contributed by atoms with Crippen LogP contribution in [-0.2, 0) is 0 Å². The molecule has 9 atom stereocenters. The van der Waals surface area contributed by atoms with Gasteiger partial charge >= 0.3 is 0 Å². The summed E-state index contributed by atoms with van der Waals surface area (Å²) in [4.78, 5) is 0. The Bertz CT molecular complexity index is 791. The molecule has 0 aromatic rings. The first-order valence-corrected chi connectivity index (χ1v) is 13.8. The van der Waals surface area contributed by atoms with Crippen LogP contribution in [-0.4, -0.2) is 21.9 Å². The molecule has 0 saturated heterocycles. The monoisotopic (exact) mass is 442 g/mol. The van der Waals surface area contributed by atoms with E-state index in [9.17, 15) is 10.2 Å². The van der Waals surface area contributed by atoms with Gasteiger partial charge in [0.15, 0.2) is 0 Å². The van der Waals surface area contributed by atoms with Crippen molar-refractivity contribution in [2.24, 2.45) is 50.7 Å². The first-order chi connectivity index (χ1) is 14.7. The molecular weight excluding hydrogens is 392 g/mol. The van der Waals surface area contributed by atoms with Gasteiger partial charge in [-0.3, -0.25) is 0 Å². The van der Waals surface area contributed by atoms with Crippen molar-refractivity contribution >= 4 is 0 Å². The van der Waals surface area contributed by atoms with Gasteiger partial charge in [0.05, 0.1) is 11.7 Å². The van der Waals surface area contributed by atoms with Gasteiger partial charge in [-0.05, 0) is 129 Å². The largest absolute Gasteiger partial charge is 0.393 e. The van der Waals surface area contributed by atoms with Gasteiger partial charge in [-0.2, -0.15) is 0 Å². The third-order valence-electron chi connectivity index (χ3n) is 12.9. The Morgan fingerprint density at radius 2 is 1.53 bits per heavy atom. The first-order valence-electron chi connectivity index (χ1n) is 13.8. The zero-order valence-corrected chi connectivity index (χ0v) is 22.0. The standard InChI is InChI=1S/C30H50O2/c1-20(9-8-14-25(2,3)32)21-12-15-28(7)23-11-10-22-26(4,5)24(31)13-16-29(22)19-30(23,29)18-17-27(21,28)6/h8,14,20-24,31-32H,9-13,15-19H2,1-7H3/b14-8+/t20-,21-,22+,23+,24+,27-,28+,29-,30-/m1/s1. The SMILES string of the molecule is C[C@H](C/C=C/C(C)(C)O)[C@H]1CC[C@@]2(C)[C@@H]3CC[C@H]4C(C)(C)[C@@H](O)CC[C@@]45C[C@]35CC[C@]12C. The summed E-state index contributed by atoms with van der Waals surface area (Å²) in [6.45, 7) is 16.3. The van der Waals surface area contributed by atoms with E-state index in [2.05, 4.69) is 40.7 Å². The van der Waals surface area contributed by atoms with E-state index in [-0.39, 0.29) is 11.5 Å². The summed E-state index contributed by atoms with van der Waals surface area (Å²) in [7, 11) is 0. The van der Waals surface area contributed by atoms with Gasteiger partial charge in [-0.15, -0.1) is 0 Å². The summed E-state index contributed by atoms with van der Waals surface area (Å²) in [6.07, 6.45) is 17.4. The second kappa shape index (κ2) is 6.87. The van der Waals surface area contributed by atoms with Crippen LogP contribution in [0, 0.1) is 50.7 Å². The van der Waals surface area contributed by atoms with Gasteiger partial charge in [-0.25, -0.2) is 0 Å². The molecular formula is C30H50O2. The number of hydrogen-bond acceptors (Lipinski definition) is 2. The molecule has 0 heterocycles. The lowest BCUT2D eigenvalue weighted by Gasteiger charge is -2.63. The maximum Gasteiger partial charge on any atom is 0.0771 e. The normalized spacial score (nSPS) is 52.7. The highest BCUT2D eigenvalue weighted by Crippen LogP contribution is 2.89. The van der Waals surface area contributed by atoms with Crippen molar-refractivity contribution in [3.8, 4) is 0 Å². The highest BCUT2D eigenvalue weighted by atomic mass is 16.3. The predicted molar refractivity (Wildman–Crippen MR) is 132 cm³/mol. The van der Waals surface area contributed by atoms with Gasteiger partial charge in [0.1, 0.15) is 0 Å². The summed E-state index contributed by atoms with van der Waals surface area (Å²) in [5, 5.41) is 20.9. The molecule has 182 valence electrons. The van der Waals surface area contributed by atoms with Crippen LogP contribution in [0.2, 0.25) is 0 Å². The summed E-state index contributed by atoms with van der Waals surface area (Å²) < 4.78 is 0. The van der Waals surface area contributed by atoms with Crippen LogP contribution in [0.4, 0.5) is 0 Å². The fourth-order valence-corrected chi connectivity index (χ4v) is 11.0. The van der Waals surface area contributed by atoms with Crippen molar-refractivity contribution in [1.29, 1.82) is 0 Å². The van der Waals surface area contributed by atoms with Gasteiger partial charge in [0.25, 0.3) is 0 Å². The molecule has 2 nitrogen and oxygen atoms in total. The highest BCUT2D eigenvalue weighted by molar-refractivity contribution is 5.30. The molecule has 0 aliphatic heterocycles. The number of fused-ring (bicyclic) bond motifs is 2. The Morgan fingerprint density at radius 3 is 2.22 bits per heavy atom. The lowest BCUT2D eigenvalue weighted by Crippen LogP contribution is -2.57. The Balaban J connectivity index is 1.40. The van der Waals surface area contributed by atoms with Crippen LogP contribution >= 0.6 is 0 Å². The molecule has 0 aromatic carbocycles. The van der Waals surface area contributed by atoms with Gasteiger partial charge in [0, 0.05) is 0 Å². The van der Waals surface area contributed by atoms with Crippen molar-refractivity contribution in [2.75, 3.05) is 0 Å². The van der Waals surface area contributed by atoms with Gasteiger partial charge in [0.2, 0.25) is 0 Å². The number of rotatable bonds is 4. The fraction of sp³-hybridized carbons (Fsp3) is 0.933. The average Bonchev–Trinajstić information content (AvgIpc) is 3.27. The van der Waals surface area contributed by atoms with Gasteiger partial charge < -0.3 is 10.2 Å². The molecule has 5 fully saturated rings. The summed E-state index contributed by atoms with van der Waals surface area (Å²) >= 11 is 0. The molecule has 5 aliphatic carbocycles. The van der Waals surface area contributed by atoms with Crippen LogP contribution in [0.3, 0.4) is 0 Å². The molecule has 0 aromatic heterocycles. The van der Waals surface area contributed by atoms with Gasteiger partial charge in [-0.1, -0.05) is 46.8 Å². The Morgan fingerprint density at radius 1 is 0.875 bits per heavy atom. The minimum Gasteiger partial charge on any atom is -0.393 e. The zero-order chi connectivity index (χ0) is 23.4. The number of hydrogen-bond donors (Lipinski definition) is 2. The topological polar surface area (TPSA) is 40.5 Å². The minimum atomic E-state index is -0.703. The summed E-state index contributed by atoms with van der Waals surface area (Å²) in [6, 6.07) is 0. The average molecular weight is 443 g/mol. The van der Waals surface area contributed by atoms with Crippen LogP contribution in [0.1, 0.15) is 113 Å². The van der Waals surface area contributed by atoms with E-state index in [0.717, 1.165) is 30.6 Å². The maximum atomic E-state index is 10.8. The fourth-order valence-electron chi connectivity index (χ4n) is 11.0. The Kier molecular flexibility index (Phi) is 5.02. The number of allylic oxidation sites excluding steroid dienone is 1. The number of aliphatic hydroxyl groups is 2. The van der Waals surface area contributed by atoms with Crippen LogP contribution < -0.4 is 0 Å². The van der Waals surface area contributed by atoms with Crippen LogP contribution in [0.5, 0.6) is 0 Å². The van der Waals surface area contributed by atoms with E-state index in [0.29, 0.717) is 27.6 Å². The highest BCUT2D eigenvalue weighted by Gasteiger charge is 2.82. The van der Waals surface area contributed by atoms with Crippen molar-refractivity contribution in [3.63, 3.8) is 0 Å². The molecule has 0 radical (unpaired) electrons. The second-order valence-corrected chi connectivity index (χ2v) is 14.8. The molecule has 32 heavy (non-hydrogen) atoms. The van der Waals surface area contributed by atoms with E-state index in [1.54, 1.807) is 0 Å².